The van der Waals surface area contributed by atoms with E-state index in [0.29, 0.717) is 25.1 Å². The number of hydrogen-bond acceptors (Lipinski definition) is 7. The first-order valence-corrected chi connectivity index (χ1v) is 9.11. The summed E-state index contributed by atoms with van der Waals surface area (Å²) in [5.41, 5.74) is 4.72. The Morgan fingerprint density at radius 2 is 1.75 bits per heavy atom. The van der Waals surface area contributed by atoms with Crippen LogP contribution in [0, 0.1) is 5.41 Å². The zero-order valence-corrected chi connectivity index (χ0v) is 16.3. The summed E-state index contributed by atoms with van der Waals surface area (Å²) < 4.78 is 4.71. The summed E-state index contributed by atoms with van der Waals surface area (Å²) in [6, 6.07) is -1.62. The first kappa shape index (κ1) is 23.1. The third-order valence-electron chi connectivity index (χ3n) is 3.56. The fourth-order valence-electron chi connectivity index (χ4n) is 1.78. The first-order valence-electron chi connectivity index (χ1n) is 7.84. The van der Waals surface area contributed by atoms with E-state index in [1.165, 1.54) is 7.11 Å². The molecule has 0 aromatic heterocycles. The predicted octanol–water partition coefficient (Wildman–Crippen LogP) is 0.144. The molecule has 0 aliphatic heterocycles. The highest BCUT2D eigenvalue weighted by Crippen LogP contribution is 2.17. The molecule has 0 rings (SSSR count). The van der Waals surface area contributed by atoms with Crippen LogP contribution in [0.3, 0.4) is 0 Å². The van der Waals surface area contributed by atoms with Gasteiger partial charge in [-0.05, 0) is 25.8 Å². The lowest BCUT2D eigenvalue weighted by molar-refractivity contribution is -0.145. The van der Waals surface area contributed by atoms with Crippen LogP contribution >= 0.6 is 25.3 Å². The zero-order valence-electron chi connectivity index (χ0n) is 14.5. The Morgan fingerprint density at radius 3 is 2.21 bits per heavy atom. The monoisotopic (exact) mass is 379 g/mol. The molecule has 0 heterocycles. The zero-order chi connectivity index (χ0) is 18.8. The predicted molar refractivity (Wildman–Crippen MR) is 100 cm³/mol. The molecule has 0 saturated heterocycles. The Labute approximate surface area is 154 Å². The molecule has 24 heavy (non-hydrogen) atoms. The van der Waals surface area contributed by atoms with Crippen LogP contribution in [0.5, 0.6) is 0 Å². The SMILES string of the molecule is COC(=O)[C@H](CCCCN)NC(=O)[C@H](CS)NC(=O)C(C)(C)CS. The maximum absolute atomic E-state index is 12.4. The highest BCUT2D eigenvalue weighted by molar-refractivity contribution is 7.80. The van der Waals surface area contributed by atoms with Gasteiger partial charge in [-0.2, -0.15) is 25.3 Å². The normalized spacial score (nSPS) is 13.8. The van der Waals surface area contributed by atoms with Gasteiger partial charge in [0.15, 0.2) is 0 Å². The summed E-state index contributed by atoms with van der Waals surface area (Å²) in [7, 11) is 1.26. The smallest absolute Gasteiger partial charge is 0.328 e. The second-order valence-corrected chi connectivity index (χ2v) is 6.80. The number of nitrogens with two attached hydrogens (primary N) is 1. The van der Waals surface area contributed by atoms with Crippen LogP contribution in [0.25, 0.3) is 0 Å². The second-order valence-electron chi connectivity index (χ2n) is 6.12. The van der Waals surface area contributed by atoms with E-state index in [-0.39, 0.29) is 11.7 Å². The average molecular weight is 380 g/mol. The molecule has 0 bridgehead atoms. The second kappa shape index (κ2) is 11.6. The molecule has 2 amide bonds. The Bertz CT molecular complexity index is 433. The number of carbonyl (C=O) groups excluding carboxylic acids is 3. The van der Waals surface area contributed by atoms with Crippen LogP contribution in [0.15, 0.2) is 0 Å². The quantitative estimate of drug-likeness (QED) is 0.199. The van der Waals surface area contributed by atoms with Crippen molar-refractivity contribution >= 4 is 43.0 Å². The van der Waals surface area contributed by atoms with Gasteiger partial charge in [0.2, 0.25) is 11.8 Å². The van der Waals surface area contributed by atoms with Crippen molar-refractivity contribution in [2.45, 2.75) is 45.2 Å². The molecule has 0 aliphatic carbocycles. The van der Waals surface area contributed by atoms with Crippen LogP contribution in [0.4, 0.5) is 0 Å². The van der Waals surface area contributed by atoms with E-state index in [1.807, 2.05) is 0 Å². The number of esters is 1. The highest BCUT2D eigenvalue weighted by Gasteiger charge is 2.31. The lowest BCUT2D eigenvalue weighted by Gasteiger charge is -2.26. The fourth-order valence-corrected chi connectivity index (χ4v) is 2.18. The van der Waals surface area contributed by atoms with E-state index >= 15 is 0 Å². The molecule has 2 atom stereocenters. The van der Waals surface area contributed by atoms with Crippen molar-refractivity contribution in [2.24, 2.45) is 11.1 Å². The van der Waals surface area contributed by atoms with Gasteiger partial charge in [-0.15, -0.1) is 0 Å². The molecule has 0 aromatic rings. The molecular formula is C15H29N3O4S2. The number of carbonyl (C=O) groups is 3. The Hall–Kier alpha value is -0.930. The van der Waals surface area contributed by atoms with Crippen molar-refractivity contribution in [1.29, 1.82) is 0 Å². The molecule has 0 saturated carbocycles. The van der Waals surface area contributed by atoms with Gasteiger partial charge in [0.1, 0.15) is 12.1 Å². The van der Waals surface area contributed by atoms with E-state index in [2.05, 4.69) is 35.9 Å². The number of amides is 2. The molecule has 9 heteroatoms. The molecule has 0 aliphatic rings. The minimum atomic E-state index is -0.846. The van der Waals surface area contributed by atoms with Crippen molar-refractivity contribution in [2.75, 3.05) is 25.2 Å². The Balaban J connectivity index is 4.84. The number of hydrogen-bond donors (Lipinski definition) is 5. The van der Waals surface area contributed by atoms with Crippen molar-refractivity contribution in [3.05, 3.63) is 0 Å². The maximum atomic E-state index is 12.4. The van der Waals surface area contributed by atoms with Gasteiger partial charge in [-0.25, -0.2) is 4.79 Å². The maximum Gasteiger partial charge on any atom is 0.328 e. The van der Waals surface area contributed by atoms with Gasteiger partial charge in [0.05, 0.1) is 12.5 Å². The molecule has 140 valence electrons. The standard InChI is InChI=1S/C15H29N3O4S2/c1-15(2,9-24)14(21)18-11(8-23)12(19)17-10(13(20)22-3)6-4-5-7-16/h10-11,23-24H,4-9,16H2,1-3H3,(H,17,19)(H,18,21)/t10-,11-/m0/s1. The summed E-state index contributed by atoms with van der Waals surface area (Å²) >= 11 is 8.24. The van der Waals surface area contributed by atoms with Gasteiger partial charge < -0.3 is 21.1 Å². The minimum absolute atomic E-state index is 0.108. The van der Waals surface area contributed by atoms with Crippen LogP contribution in [0.1, 0.15) is 33.1 Å². The minimum Gasteiger partial charge on any atom is -0.467 e. The van der Waals surface area contributed by atoms with Crippen molar-refractivity contribution in [3.8, 4) is 0 Å². The molecular weight excluding hydrogens is 350 g/mol. The summed E-state index contributed by atoms with van der Waals surface area (Å²) in [4.78, 5) is 36.3. The van der Waals surface area contributed by atoms with Gasteiger partial charge in [-0.3, -0.25) is 9.59 Å². The molecule has 0 aromatic carbocycles. The molecule has 4 N–H and O–H groups in total. The number of rotatable bonds is 11. The third kappa shape index (κ3) is 7.76. The number of methoxy groups -OCH3 is 1. The van der Waals surface area contributed by atoms with E-state index < -0.39 is 29.4 Å². The van der Waals surface area contributed by atoms with Crippen molar-refractivity contribution in [1.82, 2.24) is 10.6 Å². The average Bonchev–Trinajstić information content (AvgIpc) is 2.57. The largest absolute Gasteiger partial charge is 0.467 e. The molecule has 0 radical (unpaired) electrons. The van der Waals surface area contributed by atoms with E-state index in [9.17, 15) is 14.4 Å². The van der Waals surface area contributed by atoms with E-state index in [1.54, 1.807) is 13.8 Å². The number of thiol groups is 2. The van der Waals surface area contributed by atoms with Crippen LogP contribution in [-0.4, -0.2) is 55.0 Å². The highest BCUT2D eigenvalue weighted by atomic mass is 32.1. The Morgan fingerprint density at radius 1 is 1.12 bits per heavy atom. The van der Waals surface area contributed by atoms with Crippen LogP contribution < -0.4 is 16.4 Å². The summed E-state index contributed by atoms with van der Waals surface area (Å²) in [5.74, 6) is -0.859. The van der Waals surface area contributed by atoms with E-state index in [4.69, 9.17) is 10.5 Å². The number of nitrogens with one attached hydrogen (secondary N) is 2. The van der Waals surface area contributed by atoms with Gasteiger partial charge in [-0.1, -0.05) is 13.8 Å². The van der Waals surface area contributed by atoms with Crippen molar-refractivity contribution < 1.29 is 19.1 Å². The molecule has 0 unspecified atom stereocenters. The van der Waals surface area contributed by atoms with Gasteiger partial charge in [0.25, 0.3) is 0 Å². The summed E-state index contributed by atoms with van der Waals surface area (Å²) in [6.45, 7) is 3.97. The molecule has 7 nitrogen and oxygen atoms in total. The van der Waals surface area contributed by atoms with Gasteiger partial charge in [0, 0.05) is 11.5 Å². The molecule has 0 spiro atoms. The first-order chi connectivity index (χ1) is 11.2. The number of ether oxygens (including phenoxy) is 1. The van der Waals surface area contributed by atoms with Crippen molar-refractivity contribution in [3.63, 3.8) is 0 Å². The van der Waals surface area contributed by atoms with Crippen LogP contribution in [0.2, 0.25) is 0 Å². The molecule has 0 fully saturated rings. The topological polar surface area (TPSA) is 111 Å². The lowest BCUT2D eigenvalue weighted by atomic mass is 9.95. The summed E-state index contributed by atoms with van der Waals surface area (Å²) in [5, 5.41) is 5.25. The number of unbranched alkanes of at least 4 members (excludes halogenated alkanes) is 1. The third-order valence-corrected chi connectivity index (χ3v) is 4.72. The summed E-state index contributed by atoms with van der Waals surface area (Å²) in [6.07, 6.45) is 1.85. The fraction of sp³-hybridized carbons (Fsp3) is 0.800. The lowest BCUT2D eigenvalue weighted by Crippen LogP contribution is -2.55. The van der Waals surface area contributed by atoms with Crippen LogP contribution in [-0.2, 0) is 19.1 Å². The Kier molecular flexibility index (Phi) is 11.1. The van der Waals surface area contributed by atoms with Gasteiger partial charge >= 0.3 is 5.97 Å². The van der Waals surface area contributed by atoms with E-state index in [0.717, 1.165) is 6.42 Å².